The molecule has 3 N–H and O–H groups in total. The van der Waals surface area contributed by atoms with Crippen molar-refractivity contribution in [3.63, 3.8) is 0 Å². The van der Waals surface area contributed by atoms with E-state index in [-0.39, 0.29) is 17.9 Å². The van der Waals surface area contributed by atoms with Crippen molar-refractivity contribution in [2.24, 2.45) is 5.73 Å². The number of ether oxygens (including phenoxy) is 1. The minimum absolute atomic E-state index is 0.0491. The molecule has 80 valence electrons. The standard InChI is InChI=1S/C9H11N3O3/c1-15-7-2-3-8(12(13)14)6(4-7)5-9(10)11/h2-4H,5H2,1H3,(H3,10,11). The molecule has 0 aliphatic rings. The highest BCUT2D eigenvalue weighted by Gasteiger charge is 2.14. The molecule has 0 aromatic heterocycles. The molecule has 6 nitrogen and oxygen atoms in total. The number of rotatable bonds is 4. The van der Waals surface area contributed by atoms with Crippen LogP contribution in [0.3, 0.4) is 0 Å². The summed E-state index contributed by atoms with van der Waals surface area (Å²) in [6.45, 7) is 0. The summed E-state index contributed by atoms with van der Waals surface area (Å²) in [4.78, 5) is 10.2. The fourth-order valence-corrected chi connectivity index (χ4v) is 1.21. The first-order valence-electron chi connectivity index (χ1n) is 4.18. The van der Waals surface area contributed by atoms with Gasteiger partial charge in [0.25, 0.3) is 5.69 Å². The summed E-state index contributed by atoms with van der Waals surface area (Å²) < 4.78 is 4.94. The van der Waals surface area contributed by atoms with Crippen molar-refractivity contribution in [1.29, 1.82) is 5.41 Å². The topological polar surface area (TPSA) is 102 Å². The van der Waals surface area contributed by atoms with Crippen molar-refractivity contribution >= 4 is 11.5 Å². The molecule has 1 aromatic rings. The highest BCUT2D eigenvalue weighted by atomic mass is 16.6. The molecule has 1 rings (SSSR count). The second-order valence-corrected chi connectivity index (χ2v) is 2.95. The lowest BCUT2D eigenvalue weighted by Crippen LogP contribution is -2.13. The number of hydrogen-bond donors (Lipinski definition) is 2. The van der Waals surface area contributed by atoms with Gasteiger partial charge in [-0.2, -0.15) is 0 Å². The lowest BCUT2D eigenvalue weighted by atomic mass is 10.1. The fraction of sp³-hybridized carbons (Fsp3) is 0.222. The van der Waals surface area contributed by atoms with Crippen LogP contribution in [0.4, 0.5) is 5.69 Å². The van der Waals surface area contributed by atoms with Crippen LogP contribution < -0.4 is 10.5 Å². The molecule has 0 spiro atoms. The Morgan fingerprint density at radius 2 is 2.33 bits per heavy atom. The van der Waals surface area contributed by atoms with E-state index < -0.39 is 4.92 Å². The Bertz CT molecular complexity index is 404. The largest absolute Gasteiger partial charge is 0.497 e. The smallest absolute Gasteiger partial charge is 0.273 e. The number of nitrogens with zero attached hydrogens (tertiary/aromatic N) is 1. The van der Waals surface area contributed by atoms with Gasteiger partial charge in [0.05, 0.1) is 17.9 Å². The number of nitrogens with two attached hydrogens (primary N) is 1. The maximum Gasteiger partial charge on any atom is 0.273 e. The van der Waals surface area contributed by atoms with Crippen LogP contribution in [0.1, 0.15) is 5.56 Å². The van der Waals surface area contributed by atoms with Gasteiger partial charge in [0, 0.05) is 18.1 Å². The lowest BCUT2D eigenvalue weighted by Gasteiger charge is -2.04. The van der Waals surface area contributed by atoms with Crippen LogP contribution in [0.2, 0.25) is 0 Å². The minimum Gasteiger partial charge on any atom is -0.497 e. The molecule has 0 bridgehead atoms. The van der Waals surface area contributed by atoms with Crippen LogP contribution in [-0.4, -0.2) is 17.9 Å². The Balaban J connectivity index is 3.16. The van der Waals surface area contributed by atoms with Gasteiger partial charge < -0.3 is 10.5 Å². The quantitative estimate of drug-likeness (QED) is 0.335. The summed E-state index contributed by atoms with van der Waals surface area (Å²) in [5, 5.41) is 17.8. The van der Waals surface area contributed by atoms with Crippen molar-refractivity contribution in [2.75, 3.05) is 7.11 Å². The number of amidine groups is 1. The Morgan fingerprint density at radius 3 is 2.80 bits per heavy atom. The number of benzene rings is 1. The predicted molar refractivity (Wildman–Crippen MR) is 55.3 cm³/mol. The lowest BCUT2D eigenvalue weighted by molar-refractivity contribution is -0.385. The number of methoxy groups -OCH3 is 1. The van der Waals surface area contributed by atoms with E-state index >= 15 is 0 Å². The third kappa shape index (κ3) is 2.67. The third-order valence-corrected chi connectivity index (χ3v) is 1.86. The second kappa shape index (κ2) is 4.41. The monoisotopic (exact) mass is 209 g/mol. The van der Waals surface area contributed by atoms with Gasteiger partial charge in [0.2, 0.25) is 0 Å². The van der Waals surface area contributed by atoms with E-state index in [0.29, 0.717) is 11.3 Å². The Morgan fingerprint density at radius 1 is 1.67 bits per heavy atom. The van der Waals surface area contributed by atoms with Gasteiger partial charge in [-0.25, -0.2) is 0 Å². The molecule has 0 fully saturated rings. The zero-order valence-electron chi connectivity index (χ0n) is 8.19. The van der Waals surface area contributed by atoms with Gasteiger partial charge in [0.15, 0.2) is 0 Å². The van der Waals surface area contributed by atoms with E-state index in [9.17, 15) is 10.1 Å². The summed E-state index contributed by atoms with van der Waals surface area (Å²) in [6.07, 6.45) is 0.0491. The molecule has 0 aliphatic carbocycles. The second-order valence-electron chi connectivity index (χ2n) is 2.95. The summed E-state index contributed by atoms with van der Waals surface area (Å²) in [6, 6.07) is 4.36. The highest BCUT2D eigenvalue weighted by Crippen LogP contribution is 2.24. The van der Waals surface area contributed by atoms with Gasteiger partial charge in [0.1, 0.15) is 5.75 Å². The van der Waals surface area contributed by atoms with Crippen molar-refractivity contribution in [3.8, 4) is 5.75 Å². The Hall–Kier alpha value is -2.11. The van der Waals surface area contributed by atoms with E-state index in [4.69, 9.17) is 15.9 Å². The third-order valence-electron chi connectivity index (χ3n) is 1.86. The summed E-state index contributed by atoms with van der Waals surface area (Å²) in [7, 11) is 1.47. The predicted octanol–water partition coefficient (Wildman–Crippen LogP) is 1.08. The van der Waals surface area contributed by atoms with Crippen molar-refractivity contribution in [2.45, 2.75) is 6.42 Å². The molecule has 0 aliphatic heterocycles. The SMILES string of the molecule is COc1ccc([N+](=O)[O-])c(CC(=N)N)c1. The molecule has 0 amide bonds. The molecular weight excluding hydrogens is 198 g/mol. The molecule has 0 saturated carbocycles. The fourth-order valence-electron chi connectivity index (χ4n) is 1.21. The normalized spacial score (nSPS) is 9.67. The first-order chi connectivity index (χ1) is 7.04. The first kappa shape index (κ1) is 11.0. The molecule has 0 atom stereocenters. The van der Waals surface area contributed by atoms with Crippen molar-refractivity contribution in [3.05, 3.63) is 33.9 Å². The van der Waals surface area contributed by atoms with E-state index in [1.54, 1.807) is 0 Å². The van der Waals surface area contributed by atoms with Crippen LogP contribution >= 0.6 is 0 Å². The zero-order valence-corrected chi connectivity index (χ0v) is 8.19. The van der Waals surface area contributed by atoms with Crippen LogP contribution in [-0.2, 0) is 6.42 Å². The summed E-state index contributed by atoms with van der Waals surface area (Å²) in [5.41, 5.74) is 5.54. The van der Waals surface area contributed by atoms with E-state index in [2.05, 4.69) is 0 Å². The highest BCUT2D eigenvalue weighted by molar-refractivity contribution is 5.80. The summed E-state index contributed by atoms with van der Waals surface area (Å²) >= 11 is 0. The zero-order chi connectivity index (χ0) is 11.4. The number of nitrogens with one attached hydrogen (secondary N) is 1. The van der Waals surface area contributed by atoms with Crippen LogP contribution in [0.5, 0.6) is 5.75 Å². The molecule has 15 heavy (non-hydrogen) atoms. The molecule has 0 saturated heterocycles. The van der Waals surface area contributed by atoms with Gasteiger partial charge in [-0.3, -0.25) is 15.5 Å². The number of nitro groups is 1. The number of hydrogen-bond acceptors (Lipinski definition) is 4. The molecule has 6 heteroatoms. The van der Waals surface area contributed by atoms with Crippen LogP contribution in [0.15, 0.2) is 18.2 Å². The minimum atomic E-state index is -0.502. The average Bonchev–Trinajstić information content (AvgIpc) is 2.16. The molecule has 1 aromatic carbocycles. The van der Waals surface area contributed by atoms with Crippen LogP contribution in [0.25, 0.3) is 0 Å². The van der Waals surface area contributed by atoms with Gasteiger partial charge in [-0.15, -0.1) is 0 Å². The van der Waals surface area contributed by atoms with E-state index in [1.165, 1.54) is 25.3 Å². The first-order valence-corrected chi connectivity index (χ1v) is 4.18. The molecular formula is C9H11N3O3. The number of nitro benzene ring substituents is 1. The van der Waals surface area contributed by atoms with Crippen molar-refractivity contribution < 1.29 is 9.66 Å². The Labute approximate surface area is 86.3 Å². The maximum atomic E-state index is 10.7. The Kier molecular flexibility index (Phi) is 3.22. The van der Waals surface area contributed by atoms with Gasteiger partial charge in [-0.1, -0.05) is 0 Å². The molecule has 0 unspecified atom stereocenters. The average molecular weight is 209 g/mol. The van der Waals surface area contributed by atoms with Crippen LogP contribution in [0, 0.1) is 15.5 Å². The molecule has 0 radical (unpaired) electrons. The van der Waals surface area contributed by atoms with Crippen molar-refractivity contribution in [1.82, 2.24) is 0 Å². The summed E-state index contributed by atoms with van der Waals surface area (Å²) in [5.74, 6) is 0.392. The molecule has 0 heterocycles. The van der Waals surface area contributed by atoms with E-state index in [0.717, 1.165) is 0 Å². The maximum absolute atomic E-state index is 10.7. The van der Waals surface area contributed by atoms with Gasteiger partial charge in [-0.05, 0) is 12.1 Å². The van der Waals surface area contributed by atoms with Gasteiger partial charge >= 0.3 is 0 Å². The van der Waals surface area contributed by atoms with E-state index in [1.807, 2.05) is 0 Å².